The first kappa shape index (κ1) is 23.9. The van der Waals surface area contributed by atoms with Crippen LogP contribution in [0.25, 0.3) is 0 Å². The Hall–Kier alpha value is -1.87. The Labute approximate surface area is 205 Å². The van der Waals surface area contributed by atoms with Gasteiger partial charge in [0.2, 0.25) is 0 Å². The third-order valence-electron chi connectivity index (χ3n) is 9.19. The van der Waals surface area contributed by atoms with Gasteiger partial charge in [-0.05, 0) is 76.8 Å². The van der Waals surface area contributed by atoms with E-state index in [0.29, 0.717) is 43.3 Å². The van der Waals surface area contributed by atoms with Gasteiger partial charge in [-0.3, -0.25) is 0 Å². The van der Waals surface area contributed by atoms with Gasteiger partial charge in [0.25, 0.3) is 0 Å². The molecule has 1 fully saturated rings. The van der Waals surface area contributed by atoms with E-state index < -0.39 is 11.1 Å². The molecule has 3 heteroatoms. The molecule has 1 spiro atoms. The zero-order valence-corrected chi connectivity index (χ0v) is 21.8. The predicted molar refractivity (Wildman–Crippen MR) is 137 cm³/mol. The van der Waals surface area contributed by atoms with Crippen LogP contribution >= 0.6 is 0 Å². The highest BCUT2D eigenvalue weighted by molar-refractivity contribution is 5.49. The number of hydrogen-bond acceptors (Lipinski definition) is 2. The lowest BCUT2D eigenvalue weighted by atomic mass is 9.75. The molecule has 2 aromatic rings. The van der Waals surface area contributed by atoms with Crippen molar-refractivity contribution in [1.29, 1.82) is 0 Å². The zero-order valence-electron chi connectivity index (χ0n) is 21.8. The minimum atomic E-state index is -1.15. The Morgan fingerprint density at radius 2 is 1.79 bits per heavy atom. The normalized spacial score (nSPS) is 30.7. The fourth-order valence-corrected chi connectivity index (χ4v) is 6.82. The molecule has 0 saturated heterocycles. The largest absolute Gasteiger partial charge is 0.493 e. The van der Waals surface area contributed by atoms with E-state index in [4.69, 9.17) is 9.47 Å². The second-order valence-electron chi connectivity index (χ2n) is 11.9. The van der Waals surface area contributed by atoms with E-state index in [1.54, 1.807) is 0 Å². The molecule has 0 radical (unpaired) electrons. The molecule has 1 saturated carbocycles. The molecule has 5 rings (SSSR count). The maximum absolute atomic E-state index is 15.8. The zero-order chi connectivity index (χ0) is 24.3. The second-order valence-corrected chi connectivity index (χ2v) is 11.9. The van der Waals surface area contributed by atoms with Crippen LogP contribution in [0.1, 0.15) is 106 Å². The van der Waals surface area contributed by atoms with Gasteiger partial charge in [0.15, 0.2) is 0 Å². The van der Waals surface area contributed by atoms with Crippen LogP contribution in [0.5, 0.6) is 5.75 Å². The highest BCUT2D eigenvalue weighted by Gasteiger charge is 2.72. The van der Waals surface area contributed by atoms with Gasteiger partial charge in [-0.2, -0.15) is 0 Å². The first-order valence-electron chi connectivity index (χ1n) is 13.4. The molecule has 5 atom stereocenters. The third-order valence-corrected chi connectivity index (χ3v) is 9.19. The summed E-state index contributed by atoms with van der Waals surface area (Å²) in [5.41, 5.74) is 4.89. The Morgan fingerprint density at radius 1 is 1.03 bits per heavy atom. The lowest BCUT2D eigenvalue weighted by Gasteiger charge is -2.35. The topological polar surface area (TPSA) is 18.5 Å². The number of alkyl halides is 1. The summed E-state index contributed by atoms with van der Waals surface area (Å²) >= 11 is 0. The van der Waals surface area contributed by atoms with E-state index in [-0.39, 0.29) is 5.92 Å². The van der Waals surface area contributed by atoms with E-state index in [9.17, 15) is 0 Å². The van der Waals surface area contributed by atoms with E-state index in [1.807, 2.05) is 13.8 Å². The Kier molecular flexibility index (Phi) is 6.07. The Bertz CT molecular complexity index is 1060. The summed E-state index contributed by atoms with van der Waals surface area (Å²) in [6.45, 7) is 15.0. The molecule has 5 unspecified atom stereocenters. The monoisotopic (exact) mass is 464 g/mol. The molecular formula is C31H41FO2. The summed E-state index contributed by atoms with van der Waals surface area (Å²) in [5.74, 6) is 2.99. The maximum Gasteiger partial charge on any atom is 0.126 e. The van der Waals surface area contributed by atoms with Gasteiger partial charge >= 0.3 is 0 Å². The molecule has 0 N–H and O–H groups in total. The van der Waals surface area contributed by atoms with Crippen LogP contribution in [0.2, 0.25) is 0 Å². The molecule has 2 heterocycles. The SMILES string of the molecule is CCC1c2cc(C(C)C)ccc2OCC1CC(C)c1ccc2c(c1)C1(COC2)CC1(F)C(C)C. The minimum Gasteiger partial charge on any atom is -0.493 e. The standard InChI is InChI=1S/C31H41FO2/c1-7-26-25(16-34-29-11-10-22(19(2)3)13-27(26)29)12-21(6)23-8-9-24-15-33-18-30(28(24)14-23)17-31(30,32)20(4)5/h8-11,13-14,19-21,25-26H,7,12,15-18H2,1-6H3. The summed E-state index contributed by atoms with van der Waals surface area (Å²) in [5, 5.41) is 0. The van der Waals surface area contributed by atoms with Crippen molar-refractivity contribution in [2.24, 2.45) is 11.8 Å². The lowest BCUT2D eigenvalue weighted by molar-refractivity contribution is 0.0535. The molecule has 1 aliphatic carbocycles. The maximum atomic E-state index is 15.8. The van der Waals surface area contributed by atoms with Crippen LogP contribution in [0, 0.1) is 11.8 Å². The van der Waals surface area contributed by atoms with Crippen LogP contribution in [0.4, 0.5) is 4.39 Å². The van der Waals surface area contributed by atoms with Crippen LogP contribution < -0.4 is 4.74 Å². The second kappa shape index (κ2) is 8.66. The van der Waals surface area contributed by atoms with Gasteiger partial charge < -0.3 is 9.47 Å². The number of hydrogen-bond donors (Lipinski definition) is 0. The van der Waals surface area contributed by atoms with Crippen molar-refractivity contribution in [1.82, 2.24) is 0 Å². The molecule has 184 valence electrons. The fraction of sp³-hybridized carbons (Fsp3) is 0.613. The third kappa shape index (κ3) is 3.70. The van der Waals surface area contributed by atoms with Crippen LogP contribution in [-0.4, -0.2) is 18.9 Å². The number of benzene rings is 2. The van der Waals surface area contributed by atoms with Crippen molar-refractivity contribution in [3.8, 4) is 5.75 Å². The molecular weight excluding hydrogens is 423 g/mol. The van der Waals surface area contributed by atoms with E-state index in [2.05, 4.69) is 64.1 Å². The first-order chi connectivity index (χ1) is 16.2. The number of halogens is 1. The van der Waals surface area contributed by atoms with Gasteiger partial charge in [0.1, 0.15) is 11.4 Å². The van der Waals surface area contributed by atoms with Gasteiger partial charge in [0.05, 0.1) is 25.2 Å². The van der Waals surface area contributed by atoms with Crippen molar-refractivity contribution in [2.75, 3.05) is 13.2 Å². The highest BCUT2D eigenvalue weighted by Crippen LogP contribution is 2.66. The molecule has 3 aliphatic rings. The van der Waals surface area contributed by atoms with Crippen molar-refractivity contribution < 1.29 is 13.9 Å². The summed E-state index contributed by atoms with van der Waals surface area (Å²) in [6.07, 6.45) is 2.79. The number of fused-ring (bicyclic) bond motifs is 3. The lowest BCUT2D eigenvalue weighted by Crippen LogP contribution is -2.33. The molecule has 0 aromatic heterocycles. The smallest absolute Gasteiger partial charge is 0.126 e. The predicted octanol–water partition coefficient (Wildman–Crippen LogP) is 8.04. The van der Waals surface area contributed by atoms with Gasteiger partial charge in [-0.1, -0.05) is 71.9 Å². The molecule has 34 heavy (non-hydrogen) atoms. The van der Waals surface area contributed by atoms with Crippen LogP contribution in [0.15, 0.2) is 36.4 Å². The highest BCUT2D eigenvalue weighted by atomic mass is 19.1. The van der Waals surface area contributed by atoms with Crippen LogP contribution in [0.3, 0.4) is 0 Å². The van der Waals surface area contributed by atoms with Crippen molar-refractivity contribution in [3.05, 3.63) is 64.2 Å². The quantitative estimate of drug-likeness (QED) is 0.431. The van der Waals surface area contributed by atoms with Gasteiger partial charge in [0, 0.05) is 5.92 Å². The van der Waals surface area contributed by atoms with Gasteiger partial charge in [-0.25, -0.2) is 4.39 Å². The summed E-state index contributed by atoms with van der Waals surface area (Å²) in [4.78, 5) is 0. The van der Waals surface area contributed by atoms with E-state index in [0.717, 1.165) is 25.2 Å². The molecule has 2 aromatic carbocycles. The van der Waals surface area contributed by atoms with Crippen LogP contribution in [-0.2, 0) is 16.8 Å². The average Bonchev–Trinajstić information content (AvgIpc) is 3.43. The molecule has 0 amide bonds. The summed E-state index contributed by atoms with van der Waals surface area (Å²) in [6, 6.07) is 13.5. The number of ether oxygens (including phenoxy) is 2. The fourth-order valence-electron chi connectivity index (χ4n) is 6.82. The van der Waals surface area contributed by atoms with E-state index in [1.165, 1.54) is 27.8 Å². The molecule has 2 nitrogen and oxygen atoms in total. The Balaban J connectivity index is 1.39. The summed E-state index contributed by atoms with van der Waals surface area (Å²) < 4.78 is 27.9. The molecule has 0 bridgehead atoms. The summed E-state index contributed by atoms with van der Waals surface area (Å²) in [7, 11) is 0. The molecule has 2 aliphatic heterocycles. The minimum absolute atomic E-state index is 0.00336. The number of rotatable bonds is 6. The van der Waals surface area contributed by atoms with Crippen molar-refractivity contribution >= 4 is 0 Å². The van der Waals surface area contributed by atoms with Crippen molar-refractivity contribution in [3.63, 3.8) is 0 Å². The van der Waals surface area contributed by atoms with E-state index >= 15 is 4.39 Å². The van der Waals surface area contributed by atoms with Crippen molar-refractivity contribution in [2.45, 2.75) is 96.2 Å². The first-order valence-corrected chi connectivity index (χ1v) is 13.4. The average molecular weight is 465 g/mol. The van der Waals surface area contributed by atoms with Gasteiger partial charge in [-0.15, -0.1) is 0 Å². The Morgan fingerprint density at radius 3 is 2.47 bits per heavy atom.